The summed E-state index contributed by atoms with van der Waals surface area (Å²) in [6.07, 6.45) is 1.75. The largest absolute Gasteiger partial charge is 0.383 e. The Hall–Kier alpha value is -2.22. The predicted octanol–water partition coefficient (Wildman–Crippen LogP) is 2.53. The van der Waals surface area contributed by atoms with Crippen LogP contribution < -0.4 is 10.0 Å². The summed E-state index contributed by atoms with van der Waals surface area (Å²) in [5, 5.41) is 13.8. The lowest BCUT2D eigenvalue weighted by molar-refractivity contribution is -0.114. The fraction of sp³-hybridized carbons (Fsp3) is 0.350. The standard InChI is InChI=1S/C20H24N2O4S/c1-14-12-18(22-15(2)23)10-11-19(14)27(25,26)21-13-20(24,17-8-9-17)16-6-4-3-5-7-16/h3-7,10-12,17,21,24H,8-9,13H2,1-2H3,(H,22,23)/t20-/m1/s1. The number of carbonyl (C=O) groups is 1. The van der Waals surface area contributed by atoms with E-state index < -0.39 is 15.6 Å². The average molecular weight is 388 g/mol. The summed E-state index contributed by atoms with van der Waals surface area (Å²) < 4.78 is 28.2. The van der Waals surface area contributed by atoms with Crippen LogP contribution in [0.2, 0.25) is 0 Å². The molecule has 6 nitrogen and oxygen atoms in total. The highest BCUT2D eigenvalue weighted by atomic mass is 32.2. The van der Waals surface area contributed by atoms with Gasteiger partial charge in [0.2, 0.25) is 15.9 Å². The molecule has 27 heavy (non-hydrogen) atoms. The number of benzene rings is 2. The molecular weight excluding hydrogens is 364 g/mol. The van der Waals surface area contributed by atoms with E-state index in [1.165, 1.54) is 13.0 Å². The highest BCUT2D eigenvalue weighted by Gasteiger charge is 2.45. The highest BCUT2D eigenvalue weighted by molar-refractivity contribution is 7.89. The van der Waals surface area contributed by atoms with Gasteiger partial charge in [-0.25, -0.2) is 13.1 Å². The van der Waals surface area contributed by atoms with Crippen LogP contribution in [0.4, 0.5) is 5.69 Å². The number of nitrogens with one attached hydrogen (secondary N) is 2. The average Bonchev–Trinajstić information content (AvgIpc) is 3.45. The molecule has 2 aromatic carbocycles. The molecule has 1 aliphatic carbocycles. The third-order valence-corrected chi connectivity index (χ3v) is 6.40. The van der Waals surface area contributed by atoms with E-state index in [9.17, 15) is 18.3 Å². The van der Waals surface area contributed by atoms with Crippen molar-refractivity contribution in [3.05, 3.63) is 59.7 Å². The van der Waals surface area contributed by atoms with Gasteiger partial charge in [0, 0.05) is 19.2 Å². The SMILES string of the molecule is CC(=O)Nc1ccc(S(=O)(=O)NC[C@@](O)(c2ccccc2)C2CC2)c(C)c1. The van der Waals surface area contributed by atoms with E-state index in [-0.39, 0.29) is 23.3 Å². The van der Waals surface area contributed by atoms with E-state index in [4.69, 9.17) is 0 Å². The minimum Gasteiger partial charge on any atom is -0.383 e. The van der Waals surface area contributed by atoms with Crippen LogP contribution in [-0.4, -0.2) is 26.0 Å². The zero-order valence-corrected chi connectivity index (χ0v) is 16.2. The van der Waals surface area contributed by atoms with E-state index in [0.29, 0.717) is 16.8 Å². The molecule has 0 unspecified atom stereocenters. The molecule has 1 atom stereocenters. The van der Waals surface area contributed by atoms with E-state index in [1.807, 2.05) is 30.3 Å². The normalized spacial score (nSPS) is 16.6. The van der Waals surface area contributed by atoms with Gasteiger partial charge in [-0.05, 0) is 55.0 Å². The Kier molecular flexibility index (Phi) is 5.37. The summed E-state index contributed by atoms with van der Waals surface area (Å²) in [7, 11) is -3.81. The van der Waals surface area contributed by atoms with Gasteiger partial charge in [-0.1, -0.05) is 30.3 Å². The Bertz CT molecular complexity index is 940. The summed E-state index contributed by atoms with van der Waals surface area (Å²) in [5.74, 6) is -0.175. The van der Waals surface area contributed by atoms with Crippen LogP contribution in [0.1, 0.15) is 30.9 Å². The Morgan fingerprint density at radius 3 is 2.41 bits per heavy atom. The van der Waals surface area contributed by atoms with Crippen LogP contribution in [0, 0.1) is 12.8 Å². The molecule has 1 fully saturated rings. The summed E-state index contributed by atoms with van der Waals surface area (Å²) in [5.41, 5.74) is 0.548. The molecule has 1 saturated carbocycles. The molecule has 144 valence electrons. The zero-order valence-electron chi connectivity index (χ0n) is 15.4. The molecule has 3 rings (SSSR count). The van der Waals surface area contributed by atoms with Gasteiger partial charge in [0.25, 0.3) is 0 Å². The molecule has 0 saturated heterocycles. The molecule has 7 heteroatoms. The molecule has 0 aromatic heterocycles. The monoisotopic (exact) mass is 388 g/mol. The Balaban J connectivity index is 1.81. The zero-order chi connectivity index (χ0) is 19.7. The van der Waals surface area contributed by atoms with Crippen molar-refractivity contribution in [1.29, 1.82) is 0 Å². The van der Waals surface area contributed by atoms with Crippen LogP contribution in [0.15, 0.2) is 53.4 Å². The predicted molar refractivity (Wildman–Crippen MR) is 104 cm³/mol. The molecule has 0 bridgehead atoms. The maximum absolute atomic E-state index is 12.8. The number of carbonyl (C=O) groups excluding carboxylic acids is 1. The number of rotatable bonds is 7. The van der Waals surface area contributed by atoms with Crippen LogP contribution in [-0.2, 0) is 20.4 Å². The maximum atomic E-state index is 12.8. The van der Waals surface area contributed by atoms with Gasteiger partial charge in [0.05, 0.1) is 4.90 Å². The van der Waals surface area contributed by atoms with E-state index in [2.05, 4.69) is 10.0 Å². The first-order chi connectivity index (χ1) is 12.7. The number of hydrogen-bond acceptors (Lipinski definition) is 4. The Labute approximate surface area is 159 Å². The third kappa shape index (κ3) is 4.37. The summed E-state index contributed by atoms with van der Waals surface area (Å²) in [6.45, 7) is 2.98. The molecule has 1 aliphatic rings. The number of aliphatic hydroxyl groups is 1. The molecule has 0 aliphatic heterocycles. The molecule has 1 amide bonds. The van der Waals surface area contributed by atoms with Crippen LogP contribution >= 0.6 is 0 Å². The topological polar surface area (TPSA) is 95.5 Å². The fourth-order valence-electron chi connectivity index (χ4n) is 3.28. The van der Waals surface area contributed by atoms with Crippen molar-refractivity contribution < 1.29 is 18.3 Å². The Morgan fingerprint density at radius 1 is 1.19 bits per heavy atom. The van der Waals surface area contributed by atoms with Crippen molar-refractivity contribution in [2.45, 2.75) is 37.2 Å². The minimum absolute atomic E-state index is 0.0471. The van der Waals surface area contributed by atoms with Crippen LogP contribution in [0.3, 0.4) is 0 Å². The number of amides is 1. The van der Waals surface area contributed by atoms with Crippen molar-refractivity contribution in [2.75, 3.05) is 11.9 Å². The van der Waals surface area contributed by atoms with Gasteiger partial charge >= 0.3 is 0 Å². The molecule has 0 heterocycles. The van der Waals surface area contributed by atoms with Gasteiger partial charge in [0.15, 0.2) is 0 Å². The minimum atomic E-state index is -3.81. The Morgan fingerprint density at radius 2 is 1.85 bits per heavy atom. The van der Waals surface area contributed by atoms with E-state index >= 15 is 0 Å². The van der Waals surface area contributed by atoms with Gasteiger partial charge in [-0.15, -0.1) is 0 Å². The fourth-order valence-corrected chi connectivity index (χ4v) is 4.58. The summed E-state index contributed by atoms with van der Waals surface area (Å²) in [6, 6.07) is 13.8. The second kappa shape index (κ2) is 7.42. The van der Waals surface area contributed by atoms with Crippen molar-refractivity contribution in [3.8, 4) is 0 Å². The van der Waals surface area contributed by atoms with Crippen molar-refractivity contribution in [2.24, 2.45) is 5.92 Å². The van der Waals surface area contributed by atoms with Gasteiger partial charge in [0.1, 0.15) is 5.60 Å². The lowest BCUT2D eigenvalue weighted by Gasteiger charge is -2.29. The molecule has 3 N–H and O–H groups in total. The van der Waals surface area contributed by atoms with Gasteiger partial charge in [-0.2, -0.15) is 0 Å². The van der Waals surface area contributed by atoms with Crippen LogP contribution in [0.5, 0.6) is 0 Å². The number of hydrogen-bond donors (Lipinski definition) is 3. The van der Waals surface area contributed by atoms with Gasteiger partial charge in [-0.3, -0.25) is 4.79 Å². The number of aryl methyl sites for hydroxylation is 1. The number of sulfonamides is 1. The lowest BCUT2D eigenvalue weighted by Crippen LogP contribution is -2.42. The van der Waals surface area contributed by atoms with Crippen LogP contribution in [0.25, 0.3) is 0 Å². The first-order valence-electron chi connectivity index (χ1n) is 8.88. The molecular formula is C20H24N2O4S. The second-order valence-corrected chi connectivity index (χ2v) is 8.79. The smallest absolute Gasteiger partial charge is 0.240 e. The summed E-state index contributed by atoms with van der Waals surface area (Å²) in [4.78, 5) is 11.3. The van der Waals surface area contributed by atoms with E-state index in [1.54, 1.807) is 19.1 Å². The first kappa shape index (κ1) is 19.5. The quantitative estimate of drug-likeness (QED) is 0.679. The van der Waals surface area contributed by atoms with Crippen molar-refractivity contribution in [3.63, 3.8) is 0 Å². The maximum Gasteiger partial charge on any atom is 0.240 e. The molecule has 2 aromatic rings. The number of anilines is 1. The lowest BCUT2D eigenvalue weighted by atomic mass is 9.89. The van der Waals surface area contributed by atoms with Crippen molar-refractivity contribution in [1.82, 2.24) is 4.72 Å². The van der Waals surface area contributed by atoms with E-state index in [0.717, 1.165) is 12.8 Å². The molecule has 0 radical (unpaired) electrons. The highest BCUT2D eigenvalue weighted by Crippen LogP contribution is 2.45. The second-order valence-electron chi connectivity index (χ2n) is 7.05. The first-order valence-corrected chi connectivity index (χ1v) is 10.4. The summed E-state index contributed by atoms with van der Waals surface area (Å²) >= 11 is 0. The van der Waals surface area contributed by atoms with Gasteiger partial charge < -0.3 is 10.4 Å². The third-order valence-electron chi connectivity index (χ3n) is 4.84. The molecule has 0 spiro atoms. The van der Waals surface area contributed by atoms with Crippen molar-refractivity contribution >= 4 is 21.6 Å².